The van der Waals surface area contributed by atoms with E-state index in [1.165, 1.54) is 11.8 Å². The normalized spacial score (nSPS) is 11.1. The molecule has 31 heavy (non-hydrogen) atoms. The number of para-hydroxylation sites is 1. The van der Waals surface area contributed by atoms with Crippen molar-refractivity contribution in [3.63, 3.8) is 0 Å². The van der Waals surface area contributed by atoms with E-state index in [2.05, 4.69) is 14.8 Å². The molecular weight excluding hydrogens is 428 g/mol. The first-order chi connectivity index (χ1) is 15.0. The Morgan fingerprint density at radius 1 is 1.03 bits per heavy atom. The van der Waals surface area contributed by atoms with Crippen molar-refractivity contribution in [2.75, 3.05) is 5.75 Å². The van der Waals surface area contributed by atoms with E-state index in [0.717, 1.165) is 39.2 Å². The Balaban J connectivity index is 1.54. The van der Waals surface area contributed by atoms with Gasteiger partial charge in [0.1, 0.15) is 0 Å². The summed E-state index contributed by atoms with van der Waals surface area (Å²) in [5.41, 5.74) is 4.74. The number of Topliss-reactive ketones (excluding diaryl/α,β-unsaturated/α-hetero) is 1. The van der Waals surface area contributed by atoms with Gasteiger partial charge in [0, 0.05) is 39.8 Å². The van der Waals surface area contributed by atoms with Crippen LogP contribution in [0.4, 0.5) is 0 Å². The summed E-state index contributed by atoms with van der Waals surface area (Å²) in [6, 6.07) is 19.6. The van der Waals surface area contributed by atoms with E-state index in [0.29, 0.717) is 17.3 Å². The van der Waals surface area contributed by atoms with Crippen LogP contribution in [0.2, 0.25) is 5.02 Å². The molecule has 0 fully saturated rings. The standard InChI is InChI=1S/C24H23ClN4OS/c1-4-28-23(18-10-12-19(25)13-11-18)26-27-24(28)31-15-22(30)21-14-16(2)29(17(21)3)20-8-6-5-7-9-20/h5-14H,4,15H2,1-3H3. The average Bonchev–Trinajstić information content (AvgIpc) is 3.33. The third kappa shape index (κ3) is 4.31. The average molecular weight is 451 g/mol. The number of hydrogen-bond acceptors (Lipinski definition) is 4. The largest absolute Gasteiger partial charge is 0.318 e. The van der Waals surface area contributed by atoms with Crippen LogP contribution in [0.5, 0.6) is 0 Å². The van der Waals surface area contributed by atoms with E-state index in [4.69, 9.17) is 11.6 Å². The van der Waals surface area contributed by atoms with Gasteiger partial charge in [0.2, 0.25) is 0 Å². The van der Waals surface area contributed by atoms with Gasteiger partial charge in [-0.05, 0) is 63.2 Å². The van der Waals surface area contributed by atoms with Crippen LogP contribution in [0.3, 0.4) is 0 Å². The molecule has 0 saturated carbocycles. The molecule has 4 rings (SSSR count). The zero-order chi connectivity index (χ0) is 22.0. The van der Waals surface area contributed by atoms with Gasteiger partial charge in [-0.1, -0.05) is 41.6 Å². The third-order valence-electron chi connectivity index (χ3n) is 5.21. The first-order valence-corrected chi connectivity index (χ1v) is 11.5. The van der Waals surface area contributed by atoms with Gasteiger partial charge in [-0.15, -0.1) is 10.2 Å². The van der Waals surface area contributed by atoms with Crippen molar-refractivity contribution < 1.29 is 4.79 Å². The predicted molar refractivity (Wildman–Crippen MR) is 126 cm³/mol. The molecule has 0 atom stereocenters. The quantitative estimate of drug-likeness (QED) is 0.256. The van der Waals surface area contributed by atoms with Crippen LogP contribution in [0.25, 0.3) is 17.1 Å². The third-order valence-corrected chi connectivity index (χ3v) is 6.43. The summed E-state index contributed by atoms with van der Waals surface area (Å²) >= 11 is 7.42. The highest BCUT2D eigenvalue weighted by molar-refractivity contribution is 7.99. The number of carbonyl (C=O) groups excluding carboxylic acids is 1. The van der Waals surface area contributed by atoms with Crippen LogP contribution in [-0.4, -0.2) is 30.9 Å². The minimum absolute atomic E-state index is 0.0824. The number of carbonyl (C=O) groups is 1. The van der Waals surface area contributed by atoms with Gasteiger partial charge in [-0.2, -0.15) is 0 Å². The second kappa shape index (κ2) is 9.12. The van der Waals surface area contributed by atoms with Gasteiger partial charge >= 0.3 is 0 Å². The molecule has 0 spiro atoms. The summed E-state index contributed by atoms with van der Waals surface area (Å²) in [7, 11) is 0. The highest BCUT2D eigenvalue weighted by atomic mass is 35.5. The lowest BCUT2D eigenvalue weighted by Gasteiger charge is -2.10. The Hall–Kier alpha value is -2.83. The molecule has 5 nitrogen and oxygen atoms in total. The minimum atomic E-state index is 0.0824. The molecule has 0 aliphatic carbocycles. The maximum absolute atomic E-state index is 13.0. The van der Waals surface area contributed by atoms with E-state index < -0.39 is 0 Å². The predicted octanol–water partition coefficient (Wildman–Crippen LogP) is 6.00. The Bertz CT molecular complexity index is 1210. The van der Waals surface area contributed by atoms with Gasteiger partial charge in [0.05, 0.1) is 5.75 Å². The topological polar surface area (TPSA) is 52.7 Å². The minimum Gasteiger partial charge on any atom is -0.318 e. The molecule has 0 bridgehead atoms. The fraction of sp³-hybridized carbons (Fsp3) is 0.208. The van der Waals surface area contributed by atoms with Gasteiger partial charge < -0.3 is 9.13 Å². The van der Waals surface area contributed by atoms with E-state index >= 15 is 0 Å². The molecule has 2 heterocycles. The second-order valence-corrected chi connectivity index (χ2v) is 8.60. The van der Waals surface area contributed by atoms with Crippen LogP contribution in [0, 0.1) is 13.8 Å². The summed E-state index contributed by atoms with van der Waals surface area (Å²) in [6.45, 7) is 6.77. The number of rotatable bonds is 7. The summed E-state index contributed by atoms with van der Waals surface area (Å²) < 4.78 is 4.14. The van der Waals surface area contributed by atoms with Crippen LogP contribution in [0.15, 0.2) is 65.8 Å². The molecule has 0 N–H and O–H groups in total. The maximum Gasteiger partial charge on any atom is 0.191 e. The monoisotopic (exact) mass is 450 g/mol. The van der Waals surface area contributed by atoms with E-state index in [1.807, 2.05) is 86.0 Å². The van der Waals surface area contributed by atoms with Crippen LogP contribution >= 0.6 is 23.4 Å². The number of thioether (sulfide) groups is 1. The first kappa shape index (κ1) is 21.4. The smallest absolute Gasteiger partial charge is 0.191 e. The number of nitrogens with zero attached hydrogens (tertiary/aromatic N) is 4. The molecule has 0 unspecified atom stereocenters. The van der Waals surface area contributed by atoms with E-state index in [1.54, 1.807) is 0 Å². The SMILES string of the molecule is CCn1c(SCC(=O)c2cc(C)n(-c3ccccc3)c2C)nnc1-c1ccc(Cl)cc1. The molecule has 4 aromatic rings. The zero-order valence-corrected chi connectivity index (χ0v) is 19.2. The van der Waals surface area contributed by atoms with Crippen LogP contribution < -0.4 is 0 Å². The van der Waals surface area contributed by atoms with Gasteiger partial charge in [0.15, 0.2) is 16.8 Å². The van der Waals surface area contributed by atoms with Gasteiger partial charge in [-0.3, -0.25) is 4.79 Å². The van der Waals surface area contributed by atoms with Crippen molar-refractivity contribution in [2.45, 2.75) is 32.5 Å². The molecule has 2 aromatic carbocycles. The maximum atomic E-state index is 13.0. The summed E-state index contributed by atoms with van der Waals surface area (Å²) in [5.74, 6) is 1.16. The molecule has 7 heteroatoms. The lowest BCUT2D eigenvalue weighted by Crippen LogP contribution is -2.07. The van der Waals surface area contributed by atoms with E-state index in [-0.39, 0.29) is 5.78 Å². The lowest BCUT2D eigenvalue weighted by atomic mass is 10.2. The number of halogens is 1. The number of aryl methyl sites for hydroxylation is 1. The Kier molecular flexibility index (Phi) is 6.30. The Morgan fingerprint density at radius 2 is 1.74 bits per heavy atom. The first-order valence-electron chi connectivity index (χ1n) is 10.1. The molecule has 158 valence electrons. The van der Waals surface area contributed by atoms with Crippen molar-refractivity contribution in [1.29, 1.82) is 0 Å². The van der Waals surface area contributed by atoms with Crippen LogP contribution in [-0.2, 0) is 6.54 Å². The zero-order valence-electron chi connectivity index (χ0n) is 17.7. The molecule has 0 radical (unpaired) electrons. The molecule has 0 saturated heterocycles. The van der Waals surface area contributed by atoms with Gasteiger partial charge in [0.25, 0.3) is 0 Å². The molecule has 0 aliphatic rings. The second-order valence-electron chi connectivity index (χ2n) is 7.22. The molecule has 0 aliphatic heterocycles. The molecule has 2 aromatic heterocycles. The number of aromatic nitrogens is 4. The number of benzene rings is 2. The highest BCUT2D eigenvalue weighted by Gasteiger charge is 2.19. The van der Waals surface area contributed by atoms with Crippen molar-refractivity contribution in [1.82, 2.24) is 19.3 Å². The molecular formula is C24H23ClN4OS. The molecule has 0 amide bonds. The van der Waals surface area contributed by atoms with Crippen molar-refractivity contribution in [3.8, 4) is 17.1 Å². The van der Waals surface area contributed by atoms with Crippen molar-refractivity contribution >= 4 is 29.1 Å². The fourth-order valence-corrected chi connectivity index (χ4v) is 4.73. The number of ketones is 1. The van der Waals surface area contributed by atoms with E-state index in [9.17, 15) is 4.79 Å². The summed E-state index contributed by atoms with van der Waals surface area (Å²) in [4.78, 5) is 13.0. The highest BCUT2D eigenvalue weighted by Crippen LogP contribution is 2.27. The van der Waals surface area contributed by atoms with Crippen molar-refractivity contribution in [3.05, 3.63) is 82.6 Å². The summed E-state index contributed by atoms with van der Waals surface area (Å²) in [6.07, 6.45) is 0. The lowest BCUT2D eigenvalue weighted by molar-refractivity contribution is 0.102. The Labute approximate surface area is 191 Å². The van der Waals surface area contributed by atoms with Crippen LogP contribution in [0.1, 0.15) is 28.7 Å². The van der Waals surface area contributed by atoms with Gasteiger partial charge in [-0.25, -0.2) is 0 Å². The number of hydrogen-bond donors (Lipinski definition) is 0. The Morgan fingerprint density at radius 3 is 2.42 bits per heavy atom. The summed E-state index contributed by atoms with van der Waals surface area (Å²) in [5, 5.41) is 10.1. The van der Waals surface area contributed by atoms with Crippen molar-refractivity contribution in [2.24, 2.45) is 0 Å². The fourth-order valence-electron chi connectivity index (χ4n) is 3.72.